The van der Waals surface area contributed by atoms with Crippen molar-refractivity contribution in [3.63, 3.8) is 0 Å². The first-order valence-corrected chi connectivity index (χ1v) is 9.24. The molecule has 0 spiro atoms. The number of hydrogen-bond donors (Lipinski definition) is 1. The number of hydrogen-bond acceptors (Lipinski definition) is 7. The molecule has 20 heavy (non-hydrogen) atoms. The van der Waals surface area contributed by atoms with Crippen LogP contribution in [0.3, 0.4) is 0 Å². The summed E-state index contributed by atoms with van der Waals surface area (Å²) >= 11 is 3.99. The summed E-state index contributed by atoms with van der Waals surface area (Å²) in [5.41, 5.74) is 0. The summed E-state index contributed by atoms with van der Waals surface area (Å²) in [6.45, 7) is 9.57. The number of nitrogens with zero attached hydrogens (tertiary/aromatic N) is 3. The lowest BCUT2D eigenvalue weighted by molar-refractivity contribution is 0.203. The van der Waals surface area contributed by atoms with Crippen LogP contribution in [0.25, 0.3) is 0 Å². The van der Waals surface area contributed by atoms with Crippen molar-refractivity contribution < 1.29 is 4.52 Å². The third kappa shape index (κ3) is 3.50. The predicted molar refractivity (Wildman–Crippen MR) is 84.2 cm³/mol. The van der Waals surface area contributed by atoms with Crippen molar-refractivity contribution in [3.8, 4) is 0 Å². The SMILES string of the molecule is CC1SCC(c2noc(CN3CCNCC3)n2)SC1C. The van der Waals surface area contributed by atoms with Gasteiger partial charge in [0.15, 0.2) is 5.82 Å². The fourth-order valence-electron chi connectivity index (χ4n) is 2.44. The zero-order valence-electron chi connectivity index (χ0n) is 12.0. The van der Waals surface area contributed by atoms with Crippen molar-refractivity contribution in [3.05, 3.63) is 11.7 Å². The van der Waals surface area contributed by atoms with Crippen LogP contribution in [0.15, 0.2) is 4.52 Å². The van der Waals surface area contributed by atoms with E-state index in [0.717, 1.165) is 50.2 Å². The van der Waals surface area contributed by atoms with E-state index in [2.05, 4.69) is 34.2 Å². The number of piperazine rings is 1. The van der Waals surface area contributed by atoms with Crippen LogP contribution in [-0.4, -0.2) is 57.5 Å². The summed E-state index contributed by atoms with van der Waals surface area (Å²) in [5, 5.41) is 9.29. The minimum absolute atomic E-state index is 0.381. The normalized spacial score (nSPS) is 32.4. The summed E-state index contributed by atoms with van der Waals surface area (Å²) in [6, 6.07) is 0. The molecule has 1 N–H and O–H groups in total. The second-order valence-corrected chi connectivity index (χ2v) is 8.44. The van der Waals surface area contributed by atoms with Crippen LogP contribution in [-0.2, 0) is 6.54 Å². The molecule has 3 unspecified atom stereocenters. The molecule has 2 saturated heterocycles. The van der Waals surface area contributed by atoms with Gasteiger partial charge in [-0.15, -0.1) is 11.8 Å². The molecule has 2 aliphatic rings. The third-order valence-electron chi connectivity index (χ3n) is 3.89. The Kier molecular flexibility index (Phi) is 4.91. The van der Waals surface area contributed by atoms with Gasteiger partial charge in [0.25, 0.3) is 0 Å². The summed E-state index contributed by atoms with van der Waals surface area (Å²) in [5.74, 6) is 2.73. The molecule has 0 bridgehead atoms. The molecule has 0 aromatic carbocycles. The van der Waals surface area contributed by atoms with Crippen molar-refractivity contribution in [1.82, 2.24) is 20.4 Å². The molecule has 7 heteroatoms. The molecule has 1 aromatic heterocycles. The van der Waals surface area contributed by atoms with Gasteiger partial charge in [-0.3, -0.25) is 4.90 Å². The average molecular weight is 314 g/mol. The summed E-state index contributed by atoms with van der Waals surface area (Å²) in [6.07, 6.45) is 0. The molecule has 2 fully saturated rings. The lowest BCUT2D eigenvalue weighted by Gasteiger charge is -2.29. The highest BCUT2D eigenvalue weighted by molar-refractivity contribution is 8.07. The van der Waals surface area contributed by atoms with Crippen LogP contribution in [0.1, 0.15) is 30.8 Å². The molecule has 3 atom stereocenters. The van der Waals surface area contributed by atoms with Crippen LogP contribution in [0.2, 0.25) is 0 Å². The van der Waals surface area contributed by atoms with Gasteiger partial charge < -0.3 is 9.84 Å². The summed E-state index contributed by atoms with van der Waals surface area (Å²) in [7, 11) is 0. The topological polar surface area (TPSA) is 54.2 Å². The Morgan fingerprint density at radius 2 is 2.10 bits per heavy atom. The van der Waals surface area contributed by atoms with Gasteiger partial charge in [0, 0.05) is 42.4 Å². The van der Waals surface area contributed by atoms with Gasteiger partial charge in [0.1, 0.15) is 0 Å². The number of nitrogens with one attached hydrogen (secondary N) is 1. The molecule has 0 saturated carbocycles. The second kappa shape index (κ2) is 6.68. The molecule has 112 valence electrons. The Morgan fingerprint density at radius 3 is 2.85 bits per heavy atom. The Morgan fingerprint density at radius 1 is 1.30 bits per heavy atom. The Bertz CT molecular complexity index is 436. The van der Waals surface area contributed by atoms with Crippen molar-refractivity contribution in [1.29, 1.82) is 0 Å². The lowest BCUT2D eigenvalue weighted by Crippen LogP contribution is -2.42. The maximum Gasteiger partial charge on any atom is 0.240 e. The molecule has 0 aliphatic carbocycles. The first-order valence-electron chi connectivity index (χ1n) is 7.25. The van der Waals surface area contributed by atoms with Crippen LogP contribution in [0, 0.1) is 0 Å². The van der Waals surface area contributed by atoms with Crippen molar-refractivity contribution in [2.24, 2.45) is 0 Å². The highest BCUT2D eigenvalue weighted by Gasteiger charge is 2.30. The van der Waals surface area contributed by atoms with E-state index in [1.54, 1.807) is 0 Å². The van der Waals surface area contributed by atoms with E-state index >= 15 is 0 Å². The fraction of sp³-hybridized carbons (Fsp3) is 0.846. The number of thioether (sulfide) groups is 2. The highest BCUT2D eigenvalue weighted by atomic mass is 32.2. The maximum absolute atomic E-state index is 5.44. The van der Waals surface area contributed by atoms with Crippen molar-refractivity contribution >= 4 is 23.5 Å². The van der Waals surface area contributed by atoms with E-state index in [-0.39, 0.29) is 0 Å². The van der Waals surface area contributed by atoms with Crippen LogP contribution >= 0.6 is 23.5 Å². The molecule has 0 amide bonds. The highest BCUT2D eigenvalue weighted by Crippen LogP contribution is 2.43. The molecule has 1 aromatic rings. The Hall–Kier alpha value is -0.240. The van der Waals surface area contributed by atoms with E-state index in [1.807, 2.05) is 23.5 Å². The van der Waals surface area contributed by atoms with Gasteiger partial charge in [0.05, 0.1) is 11.8 Å². The zero-order chi connectivity index (χ0) is 13.9. The monoisotopic (exact) mass is 314 g/mol. The number of rotatable bonds is 3. The molecule has 2 aliphatic heterocycles. The van der Waals surface area contributed by atoms with Crippen LogP contribution in [0.4, 0.5) is 0 Å². The van der Waals surface area contributed by atoms with Gasteiger partial charge in [0.2, 0.25) is 5.89 Å². The van der Waals surface area contributed by atoms with E-state index < -0.39 is 0 Å². The molecular weight excluding hydrogens is 292 g/mol. The smallest absolute Gasteiger partial charge is 0.240 e. The standard InChI is InChI=1S/C13H22N4OS2/c1-9-10(2)20-11(8-19-9)13-15-12(18-16-13)7-17-5-3-14-4-6-17/h9-11,14H,3-8H2,1-2H3. The van der Waals surface area contributed by atoms with E-state index in [1.165, 1.54) is 0 Å². The number of aromatic nitrogens is 2. The zero-order valence-corrected chi connectivity index (χ0v) is 13.7. The summed E-state index contributed by atoms with van der Waals surface area (Å²) in [4.78, 5) is 6.98. The van der Waals surface area contributed by atoms with Gasteiger partial charge >= 0.3 is 0 Å². The van der Waals surface area contributed by atoms with Crippen molar-refractivity contribution in [2.75, 3.05) is 31.9 Å². The first kappa shape index (κ1) is 14.7. The van der Waals surface area contributed by atoms with E-state index in [0.29, 0.717) is 15.7 Å². The Labute approximate surface area is 128 Å². The van der Waals surface area contributed by atoms with Gasteiger partial charge in [-0.1, -0.05) is 19.0 Å². The van der Waals surface area contributed by atoms with Crippen molar-refractivity contribution in [2.45, 2.75) is 36.1 Å². The molecule has 5 nitrogen and oxygen atoms in total. The van der Waals surface area contributed by atoms with Gasteiger partial charge in [-0.05, 0) is 0 Å². The Balaban J connectivity index is 1.58. The molecule has 3 rings (SSSR count). The lowest BCUT2D eigenvalue weighted by atomic mass is 10.3. The minimum Gasteiger partial charge on any atom is -0.338 e. The van der Waals surface area contributed by atoms with E-state index in [9.17, 15) is 0 Å². The molecular formula is C13H22N4OS2. The largest absolute Gasteiger partial charge is 0.338 e. The maximum atomic E-state index is 5.44. The van der Waals surface area contributed by atoms with E-state index in [4.69, 9.17) is 4.52 Å². The predicted octanol–water partition coefficient (Wildman–Crippen LogP) is 1.77. The van der Waals surface area contributed by atoms with Gasteiger partial charge in [-0.25, -0.2) is 0 Å². The quantitative estimate of drug-likeness (QED) is 0.912. The first-order chi connectivity index (χ1) is 9.72. The minimum atomic E-state index is 0.381. The second-order valence-electron chi connectivity index (χ2n) is 5.44. The third-order valence-corrected chi connectivity index (χ3v) is 7.28. The molecule has 0 radical (unpaired) electrons. The fourth-order valence-corrected chi connectivity index (χ4v) is 5.28. The average Bonchev–Trinajstić information content (AvgIpc) is 2.91. The van der Waals surface area contributed by atoms with Crippen LogP contribution in [0.5, 0.6) is 0 Å². The molecule has 3 heterocycles. The van der Waals surface area contributed by atoms with Crippen LogP contribution < -0.4 is 5.32 Å². The van der Waals surface area contributed by atoms with Gasteiger partial charge in [-0.2, -0.15) is 16.7 Å². The summed E-state index contributed by atoms with van der Waals surface area (Å²) < 4.78 is 5.44.